The highest BCUT2D eigenvalue weighted by Gasteiger charge is 2.24. The number of hydrogen-bond acceptors (Lipinski definition) is 3. The summed E-state index contributed by atoms with van der Waals surface area (Å²) in [6.45, 7) is 3.40. The molecule has 2 heterocycles. The van der Waals surface area contributed by atoms with Crippen molar-refractivity contribution in [3.63, 3.8) is 0 Å². The lowest BCUT2D eigenvalue weighted by Crippen LogP contribution is -2.33. The Morgan fingerprint density at radius 2 is 1.93 bits per heavy atom. The minimum Gasteiger partial charge on any atom is -0.382 e. The lowest BCUT2D eigenvalue weighted by molar-refractivity contribution is -0.117. The van der Waals surface area contributed by atoms with Gasteiger partial charge in [0, 0.05) is 37.0 Å². The monoisotopic (exact) mass is 368 g/mol. The van der Waals surface area contributed by atoms with Gasteiger partial charge in [0.05, 0.1) is 0 Å². The van der Waals surface area contributed by atoms with Crippen LogP contribution in [0.25, 0.3) is 16.6 Å². The van der Waals surface area contributed by atoms with Crippen LogP contribution in [0.4, 0.5) is 4.39 Å². The number of carbonyl (C=O) groups is 2. The van der Waals surface area contributed by atoms with Crippen molar-refractivity contribution in [2.24, 2.45) is 0 Å². The van der Waals surface area contributed by atoms with E-state index in [1.165, 1.54) is 12.1 Å². The second kappa shape index (κ2) is 8.60. The average Bonchev–Trinajstić information content (AvgIpc) is 3.07. The van der Waals surface area contributed by atoms with Crippen LogP contribution < -0.4 is 5.32 Å². The maximum absolute atomic E-state index is 13.3. The zero-order chi connectivity index (χ0) is 19.2. The van der Waals surface area contributed by atoms with Crippen LogP contribution in [-0.2, 0) is 9.53 Å². The molecule has 0 saturated carbocycles. The molecule has 1 aromatic carbocycles. The smallest absolute Gasteiger partial charge is 0.294 e. The van der Waals surface area contributed by atoms with E-state index in [0.29, 0.717) is 37.3 Å². The van der Waals surface area contributed by atoms with Gasteiger partial charge in [0.15, 0.2) is 0 Å². The number of halogens is 1. The van der Waals surface area contributed by atoms with Crippen LogP contribution in [-0.4, -0.2) is 35.8 Å². The molecule has 3 aromatic rings. The number of benzene rings is 1. The van der Waals surface area contributed by atoms with Gasteiger partial charge in [0.1, 0.15) is 11.5 Å². The molecule has 6 heteroatoms. The van der Waals surface area contributed by atoms with Gasteiger partial charge < -0.3 is 14.5 Å². The summed E-state index contributed by atoms with van der Waals surface area (Å²) in [4.78, 5) is 25.2. The highest BCUT2D eigenvalue weighted by Crippen LogP contribution is 2.28. The summed E-state index contributed by atoms with van der Waals surface area (Å²) >= 11 is 0. The van der Waals surface area contributed by atoms with E-state index in [1.807, 2.05) is 25.1 Å². The molecular formula is C21H21FN2O3. The number of pyridine rings is 1. The topological polar surface area (TPSA) is 59.8 Å². The van der Waals surface area contributed by atoms with Gasteiger partial charge in [-0.15, -0.1) is 0 Å². The summed E-state index contributed by atoms with van der Waals surface area (Å²) in [6, 6.07) is 13.2. The van der Waals surface area contributed by atoms with Crippen molar-refractivity contribution in [1.29, 1.82) is 0 Å². The predicted molar refractivity (Wildman–Crippen MR) is 101 cm³/mol. The van der Waals surface area contributed by atoms with Crippen LogP contribution in [0.2, 0.25) is 0 Å². The minimum absolute atomic E-state index is 0.263. The second-order valence-corrected chi connectivity index (χ2v) is 6.04. The van der Waals surface area contributed by atoms with Gasteiger partial charge in [-0.05, 0) is 49.2 Å². The molecule has 0 spiro atoms. The van der Waals surface area contributed by atoms with Crippen LogP contribution in [0, 0.1) is 5.82 Å². The van der Waals surface area contributed by atoms with Gasteiger partial charge in [0.2, 0.25) is 0 Å². The number of rotatable bonds is 8. The first-order valence-corrected chi connectivity index (χ1v) is 8.88. The van der Waals surface area contributed by atoms with Crippen LogP contribution >= 0.6 is 0 Å². The first-order valence-electron chi connectivity index (χ1n) is 8.88. The fourth-order valence-electron chi connectivity index (χ4n) is 2.91. The van der Waals surface area contributed by atoms with Gasteiger partial charge in [-0.3, -0.25) is 9.59 Å². The predicted octanol–water partition coefficient (Wildman–Crippen LogP) is 3.47. The van der Waals surface area contributed by atoms with Crippen molar-refractivity contribution in [3.8, 4) is 11.1 Å². The third kappa shape index (κ3) is 4.23. The van der Waals surface area contributed by atoms with Gasteiger partial charge in [0.25, 0.3) is 11.7 Å². The number of fused-ring (bicyclic) bond motifs is 1. The molecule has 0 aliphatic rings. The summed E-state index contributed by atoms with van der Waals surface area (Å²) in [5, 5.41) is 2.64. The minimum atomic E-state index is -0.668. The molecule has 0 aliphatic carbocycles. The number of carbonyl (C=O) groups excluding carboxylic acids is 2. The second-order valence-electron chi connectivity index (χ2n) is 6.04. The lowest BCUT2D eigenvalue weighted by atomic mass is 10.0. The first-order chi connectivity index (χ1) is 13.1. The quantitative estimate of drug-likeness (QED) is 0.376. The number of Topliss-reactive ketones (excluding diaryl/α,β-unsaturated/α-hetero) is 1. The van der Waals surface area contributed by atoms with Crippen molar-refractivity contribution in [2.75, 3.05) is 19.8 Å². The zero-order valence-electron chi connectivity index (χ0n) is 15.1. The number of ether oxygens (including phenoxy) is 1. The third-order valence-electron chi connectivity index (χ3n) is 4.21. The number of amides is 1. The van der Waals surface area contributed by atoms with Gasteiger partial charge in [-0.2, -0.15) is 0 Å². The highest BCUT2D eigenvalue weighted by molar-refractivity contribution is 6.43. The summed E-state index contributed by atoms with van der Waals surface area (Å²) < 4.78 is 20.2. The van der Waals surface area contributed by atoms with Crippen LogP contribution in [0.1, 0.15) is 23.8 Å². The number of aromatic nitrogens is 1. The summed E-state index contributed by atoms with van der Waals surface area (Å²) in [6.07, 6.45) is 2.37. The molecule has 0 unspecified atom stereocenters. The van der Waals surface area contributed by atoms with Gasteiger partial charge in [-0.1, -0.05) is 18.2 Å². The van der Waals surface area contributed by atoms with E-state index in [4.69, 9.17) is 4.74 Å². The number of nitrogens with one attached hydrogen (secondary N) is 1. The van der Waals surface area contributed by atoms with E-state index in [1.54, 1.807) is 28.8 Å². The molecule has 0 radical (unpaired) electrons. The zero-order valence-corrected chi connectivity index (χ0v) is 15.1. The number of hydrogen-bond donors (Lipinski definition) is 1. The molecule has 27 heavy (non-hydrogen) atoms. The van der Waals surface area contributed by atoms with Crippen molar-refractivity contribution < 1.29 is 18.7 Å². The Bertz CT molecular complexity index is 948. The first kappa shape index (κ1) is 18.8. The van der Waals surface area contributed by atoms with E-state index in [9.17, 15) is 14.0 Å². The molecule has 1 amide bonds. The standard InChI is InChI=1S/C21H21FN2O3/c1-2-27-13-5-11-23-21(26)20(25)19-18(15-7-9-16(22)10-8-15)14-17-6-3-4-12-24(17)19/h3-4,6-10,12,14H,2,5,11,13H2,1H3,(H,23,26). The van der Waals surface area contributed by atoms with E-state index in [0.717, 1.165) is 5.52 Å². The van der Waals surface area contributed by atoms with E-state index < -0.39 is 11.7 Å². The highest BCUT2D eigenvalue weighted by atomic mass is 19.1. The molecule has 5 nitrogen and oxygen atoms in total. The Morgan fingerprint density at radius 3 is 2.67 bits per heavy atom. The van der Waals surface area contributed by atoms with E-state index >= 15 is 0 Å². The summed E-state index contributed by atoms with van der Waals surface area (Å²) in [5.74, 6) is -1.65. The Balaban J connectivity index is 1.90. The maximum Gasteiger partial charge on any atom is 0.294 e. The molecule has 3 rings (SSSR count). The SMILES string of the molecule is CCOCCCNC(=O)C(=O)c1c(-c2ccc(F)cc2)cc2ccccn12. The van der Waals surface area contributed by atoms with Crippen molar-refractivity contribution in [2.45, 2.75) is 13.3 Å². The van der Waals surface area contributed by atoms with Crippen molar-refractivity contribution >= 4 is 17.2 Å². The number of ketones is 1. The fraction of sp³-hybridized carbons (Fsp3) is 0.238. The molecule has 0 bridgehead atoms. The van der Waals surface area contributed by atoms with Crippen LogP contribution in [0.15, 0.2) is 54.7 Å². The van der Waals surface area contributed by atoms with E-state index in [2.05, 4.69) is 5.32 Å². The third-order valence-corrected chi connectivity index (χ3v) is 4.21. The van der Waals surface area contributed by atoms with E-state index in [-0.39, 0.29) is 11.5 Å². The van der Waals surface area contributed by atoms with Gasteiger partial charge >= 0.3 is 0 Å². The van der Waals surface area contributed by atoms with Crippen LogP contribution in [0.3, 0.4) is 0 Å². The number of nitrogens with zero attached hydrogens (tertiary/aromatic N) is 1. The molecule has 140 valence electrons. The molecule has 0 aliphatic heterocycles. The van der Waals surface area contributed by atoms with Crippen molar-refractivity contribution in [1.82, 2.24) is 9.72 Å². The fourth-order valence-corrected chi connectivity index (χ4v) is 2.91. The molecule has 0 atom stereocenters. The van der Waals surface area contributed by atoms with Gasteiger partial charge in [-0.25, -0.2) is 4.39 Å². The largest absolute Gasteiger partial charge is 0.382 e. The Morgan fingerprint density at radius 1 is 1.15 bits per heavy atom. The molecule has 0 fully saturated rings. The lowest BCUT2D eigenvalue weighted by Gasteiger charge is -2.08. The molecule has 2 aromatic heterocycles. The Hall–Kier alpha value is -2.99. The Kier molecular flexibility index (Phi) is 5.98. The molecular weight excluding hydrogens is 347 g/mol. The molecule has 1 N–H and O–H groups in total. The summed E-state index contributed by atoms with van der Waals surface area (Å²) in [7, 11) is 0. The van der Waals surface area contributed by atoms with Crippen LogP contribution in [0.5, 0.6) is 0 Å². The molecule has 0 saturated heterocycles. The average molecular weight is 368 g/mol. The Labute approximate surface area is 156 Å². The normalized spacial score (nSPS) is 10.9. The summed E-state index contributed by atoms with van der Waals surface area (Å²) in [5.41, 5.74) is 2.31. The maximum atomic E-state index is 13.3. The van der Waals surface area contributed by atoms with Crippen molar-refractivity contribution in [3.05, 3.63) is 66.2 Å².